The van der Waals surface area contributed by atoms with Gasteiger partial charge in [0.1, 0.15) is 0 Å². The molecule has 0 aromatic heterocycles. The molecule has 0 aliphatic heterocycles. The Labute approximate surface area is 61.8 Å². The van der Waals surface area contributed by atoms with E-state index in [1.165, 1.54) is 6.21 Å². The number of hydrogen-bond donors (Lipinski definition) is 2. The van der Waals surface area contributed by atoms with Crippen LogP contribution in [-0.4, -0.2) is 11.9 Å². The predicted octanol–water partition coefficient (Wildman–Crippen LogP) is 1.39. The zero-order valence-corrected chi connectivity index (χ0v) is 6.81. The Morgan fingerprint density at radius 2 is 2.10 bits per heavy atom. The summed E-state index contributed by atoms with van der Waals surface area (Å²) in [5.41, 5.74) is 0.633. The number of nitrogens with two attached hydrogens (primary N) is 1. The van der Waals surface area contributed by atoms with Crippen molar-refractivity contribution in [3.8, 4) is 0 Å². The summed E-state index contributed by atoms with van der Waals surface area (Å²) in [4.78, 5) is 0. The summed E-state index contributed by atoms with van der Waals surface area (Å²) < 4.78 is 0. The van der Waals surface area contributed by atoms with Crippen molar-refractivity contribution in [3.05, 3.63) is 0 Å². The third-order valence-electron chi connectivity index (χ3n) is 0.951. The molecule has 0 heterocycles. The molecule has 0 aromatic rings. The molecule has 3 heteroatoms. The first-order valence-electron chi connectivity index (χ1n) is 3.26. The van der Waals surface area contributed by atoms with Gasteiger partial charge in [0.2, 0.25) is 0 Å². The number of hydrazone groups is 1. The minimum Gasteiger partial charge on any atom is -0.323 e. The molecule has 0 radical (unpaired) electrons. The zero-order valence-electron chi connectivity index (χ0n) is 6.81. The summed E-state index contributed by atoms with van der Waals surface area (Å²) in [6.45, 7) is 6.23. The van der Waals surface area contributed by atoms with Crippen LogP contribution < -0.4 is 5.84 Å². The van der Waals surface area contributed by atoms with E-state index in [4.69, 9.17) is 11.3 Å². The standard InChI is InChI=1S/C7H15N3/c1-7(2,3)4-6(8)5-10-9/h5,8H,4,9H2,1-3H3/b8-6?,10-5-. The molecule has 0 fully saturated rings. The van der Waals surface area contributed by atoms with Crippen LogP contribution in [0.15, 0.2) is 5.10 Å². The van der Waals surface area contributed by atoms with Crippen LogP contribution in [0.3, 0.4) is 0 Å². The fourth-order valence-electron chi connectivity index (χ4n) is 0.707. The Balaban J connectivity index is 3.81. The van der Waals surface area contributed by atoms with Crippen LogP contribution in [0.5, 0.6) is 0 Å². The van der Waals surface area contributed by atoms with Crippen molar-refractivity contribution in [2.24, 2.45) is 16.4 Å². The second kappa shape index (κ2) is 3.34. The Bertz CT molecular complexity index is 141. The summed E-state index contributed by atoms with van der Waals surface area (Å²) in [5.74, 6) is 4.88. The van der Waals surface area contributed by atoms with Gasteiger partial charge in [0.05, 0.1) is 11.9 Å². The molecule has 0 aliphatic rings. The van der Waals surface area contributed by atoms with Crippen LogP contribution >= 0.6 is 0 Å². The maximum absolute atomic E-state index is 7.31. The topological polar surface area (TPSA) is 62.2 Å². The Kier molecular flexibility index (Phi) is 3.06. The van der Waals surface area contributed by atoms with Crippen molar-refractivity contribution in [1.82, 2.24) is 0 Å². The summed E-state index contributed by atoms with van der Waals surface area (Å²) in [5, 5.41) is 10.6. The fraction of sp³-hybridized carbons (Fsp3) is 0.714. The third kappa shape index (κ3) is 5.28. The van der Waals surface area contributed by atoms with Crippen molar-refractivity contribution in [2.75, 3.05) is 0 Å². The molecule has 0 rings (SSSR count). The highest BCUT2D eigenvalue weighted by atomic mass is 15.1. The van der Waals surface area contributed by atoms with E-state index in [-0.39, 0.29) is 5.41 Å². The predicted molar refractivity (Wildman–Crippen MR) is 44.5 cm³/mol. The Morgan fingerprint density at radius 3 is 2.40 bits per heavy atom. The molecule has 3 nitrogen and oxygen atoms in total. The molecule has 0 aromatic carbocycles. The Hall–Kier alpha value is -0.860. The second-order valence-electron chi connectivity index (χ2n) is 3.54. The molecule has 0 amide bonds. The van der Waals surface area contributed by atoms with Gasteiger partial charge >= 0.3 is 0 Å². The van der Waals surface area contributed by atoms with Crippen molar-refractivity contribution in [3.63, 3.8) is 0 Å². The molecule has 0 aliphatic carbocycles. The number of nitrogens with zero attached hydrogens (tertiary/aromatic N) is 1. The fourth-order valence-corrected chi connectivity index (χ4v) is 0.707. The van der Waals surface area contributed by atoms with E-state index in [1.807, 2.05) is 0 Å². The average Bonchev–Trinajstić information content (AvgIpc) is 1.59. The number of hydrogen-bond acceptors (Lipinski definition) is 3. The van der Waals surface area contributed by atoms with Crippen LogP contribution in [0.4, 0.5) is 0 Å². The molecule has 0 atom stereocenters. The first-order chi connectivity index (χ1) is 4.45. The molecule has 0 saturated carbocycles. The van der Waals surface area contributed by atoms with Crippen molar-refractivity contribution in [1.29, 1.82) is 5.41 Å². The lowest BCUT2D eigenvalue weighted by Crippen LogP contribution is -2.13. The lowest BCUT2D eigenvalue weighted by Gasteiger charge is -2.16. The van der Waals surface area contributed by atoms with Gasteiger partial charge in [-0.15, -0.1) is 0 Å². The number of nitrogens with one attached hydrogen (secondary N) is 1. The maximum Gasteiger partial charge on any atom is 0.0673 e. The van der Waals surface area contributed by atoms with Gasteiger partial charge in [-0.1, -0.05) is 20.8 Å². The highest BCUT2D eigenvalue weighted by molar-refractivity contribution is 6.29. The van der Waals surface area contributed by atoms with Gasteiger partial charge in [-0.2, -0.15) is 5.10 Å². The van der Waals surface area contributed by atoms with E-state index < -0.39 is 0 Å². The molecule has 58 valence electrons. The highest BCUT2D eigenvalue weighted by Gasteiger charge is 2.11. The second-order valence-corrected chi connectivity index (χ2v) is 3.54. The Morgan fingerprint density at radius 1 is 1.60 bits per heavy atom. The van der Waals surface area contributed by atoms with Crippen molar-refractivity contribution < 1.29 is 0 Å². The van der Waals surface area contributed by atoms with Crippen LogP contribution in [0, 0.1) is 10.8 Å². The molecule has 0 saturated heterocycles. The van der Waals surface area contributed by atoms with Gasteiger partial charge in [0, 0.05) is 0 Å². The SMILES string of the molecule is CC(C)(C)CC(=N)/C=N\N. The van der Waals surface area contributed by atoms with E-state index in [0.29, 0.717) is 12.1 Å². The lowest BCUT2D eigenvalue weighted by molar-refractivity contribution is 0.435. The van der Waals surface area contributed by atoms with E-state index in [1.54, 1.807) is 0 Å². The zero-order chi connectivity index (χ0) is 8.20. The smallest absolute Gasteiger partial charge is 0.0673 e. The van der Waals surface area contributed by atoms with Gasteiger partial charge < -0.3 is 11.3 Å². The van der Waals surface area contributed by atoms with Crippen LogP contribution in [0.2, 0.25) is 0 Å². The summed E-state index contributed by atoms with van der Waals surface area (Å²) in [6, 6.07) is 0. The molecule has 10 heavy (non-hydrogen) atoms. The van der Waals surface area contributed by atoms with E-state index >= 15 is 0 Å². The first kappa shape index (κ1) is 9.14. The molecule has 3 N–H and O–H groups in total. The van der Waals surface area contributed by atoms with E-state index in [2.05, 4.69) is 25.9 Å². The third-order valence-corrected chi connectivity index (χ3v) is 0.951. The molecule has 0 spiro atoms. The monoisotopic (exact) mass is 141 g/mol. The van der Waals surface area contributed by atoms with Gasteiger partial charge in [-0.3, -0.25) is 0 Å². The molecule has 0 bridgehead atoms. The average molecular weight is 141 g/mol. The highest BCUT2D eigenvalue weighted by Crippen LogP contribution is 2.17. The van der Waals surface area contributed by atoms with Crippen LogP contribution in [-0.2, 0) is 0 Å². The van der Waals surface area contributed by atoms with E-state index in [9.17, 15) is 0 Å². The van der Waals surface area contributed by atoms with Crippen molar-refractivity contribution in [2.45, 2.75) is 27.2 Å². The molecular formula is C7H15N3. The minimum atomic E-state index is 0.151. The molecule has 0 unspecified atom stereocenters. The summed E-state index contributed by atoms with van der Waals surface area (Å²) in [7, 11) is 0. The van der Waals surface area contributed by atoms with Gasteiger partial charge in [0.15, 0.2) is 0 Å². The number of rotatable bonds is 2. The van der Waals surface area contributed by atoms with E-state index in [0.717, 1.165) is 0 Å². The largest absolute Gasteiger partial charge is 0.323 e. The summed E-state index contributed by atoms with van der Waals surface area (Å²) in [6.07, 6.45) is 2.10. The first-order valence-corrected chi connectivity index (χ1v) is 3.26. The van der Waals surface area contributed by atoms with Crippen LogP contribution in [0.1, 0.15) is 27.2 Å². The van der Waals surface area contributed by atoms with Gasteiger partial charge in [-0.05, 0) is 11.8 Å². The maximum atomic E-state index is 7.31. The normalized spacial score (nSPS) is 12.3. The molecular weight excluding hydrogens is 126 g/mol. The van der Waals surface area contributed by atoms with Gasteiger partial charge in [-0.25, -0.2) is 0 Å². The van der Waals surface area contributed by atoms with Crippen molar-refractivity contribution >= 4 is 11.9 Å². The minimum absolute atomic E-state index is 0.151. The summed E-state index contributed by atoms with van der Waals surface area (Å²) >= 11 is 0. The lowest BCUT2D eigenvalue weighted by atomic mass is 9.90. The van der Waals surface area contributed by atoms with Crippen LogP contribution in [0.25, 0.3) is 0 Å². The van der Waals surface area contributed by atoms with Gasteiger partial charge in [0.25, 0.3) is 0 Å². The quantitative estimate of drug-likeness (QED) is 0.340.